The third-order valence-corrected chi connectivity index (χ3v) is 4.10. The van der Waals surface area contributed by atoms with Crippen LogP contribution in [0.15, 0.2) is 22.7 Å². The van der Waals surface area contributed by atoms with Gasteiger partial charge < -0.3 is 10.6 Å². The second-order valence-corrected chi connectivity index (χ2v) is 5.80. The number of halogens is 1. The lowest BCUT2D eigenvalue weighted by Gasteiger charge is -2.30. The van der Waals surface area contributed by atoms with Crippen LogP contribution in [0.5, 0.6) is 0 Å². The molecule has 4 heteroatoms. The van der Waals surface area contributed by atoms with Crippen molar-refractivity contribution < 1.29 is 4.79 Å². The Hall–Kier alpha value is -0.870. The largest absolute Gasteiger partial charge is 0.348 e. The molecule has 1 amide bonds. The van der Waals surface area contributed by atoms with Gasteiger partial charge >= 0.3 is 0 Å². The Morgan fingerprint density at radius 3 is 2.94 bits per heavy atom. The monoisotopic (exact) mass is 310 g/mol. The minimum Gasteiger partial charge on any atom is -0.348 e. The van der Waals surface area contributed by atoms with Crippen LogP contribution in [0, 0.1) is 6.92 Å². The number of carbonyl (C=O) groups excluding carboxylic acids is 1. The summed E-state index contributed by atoms with van der Waals surface area (Å²) >= 11 is 3.45. The Morgan fingerprint density at radius 2 is 2.28 bits per heavy atom. The number of amides is 1. The fraction of sp³-hybridized carbons (Fsp3) is 0.500. The zero-order chi connectivity index (χ0) is 13.1. The average molecular weight is 311 g/mol. The molecule has 1 saturated heterocycles. The smallest absolute Gasteiger partial charge is 0.252 e. The lowest BCUT2D eigenvalue weighted by molar-refractivity contribution is 0.0919. The predicted molar refractivity (Wildman–Crippen MR) is 76.8 cm³/mol. The lowest BCUT2D eigenvalue weighted by Crippen LogP contribution is -2.51. The van der Waals surface area contributed by atoms with E-state index in [1.165, 1.54) is 0 Å². The molecule has 1 fully saturated rings. The molecule has 2 rings (SSSR count). The molecule has 2 unspecified atom stereocenters. The summed E-state index contributed by atoms with van der Waals surface area (Å²) in [5, 5.41) is 6.50. The second-order valence-electron chi connectivity index (χ2n) is 4.95. The molecule has 98 valence electrons. The normalized spacial score (nSPS) is 23.7. The summed E-state index contributed by atoms with van der Waals surface area (Å²) in [6.45, 7) is 5.18. The molecule has 1 aliphatic rings. The SMILES string of the molecule is Cc1ccc(C(=O)NC2CCCNC2C)c(Br)c1. The van der Waals surface area contributed by atoms with Crippen molar-refractivity contribution in [2.75, 3.05) is 6.54 Å². The van der Waals surface area contributed by atoms with Crippen LogP contribution in [0.4, 0.5) is 0 Å². The van der Waals surface area contributed by atoms with E-state index in [-0.39, 0.29) is 11.9 Å². The molecule has 0 spiro atoms. The van der Waals surface area contributed by atoms with E-state index in [4.69, 9.17) is 0 Å². The maximum absolute atomic E-state index is 12.2. The van der Waals surface area contributed by atoms with Gasteiger partial charge in [0.25, 0.3) is 5.91 Å². The molecule has 1 heterocycles. The average Bonchev–Trinajstić information content (AvgIpc) is 2.32. The highest BCUT2D eigenvalue weighted by Gasteiger charge is 2.23. The maximum atomic E-state index is 12.2. The van der Waals surface area contributed by atoms with Crippen molar-refractivity contribution in [3.8, 4) is 0 Å². The van der Waals surface area contributed by atoms with Gasteiger partial charge in [-0.25, -0.2) is 0 Å². The summed E-state index contributed by atoms with van der Waals surface area (Å²) in [6, 6.07) is 6.36. The Kier molecular flexibility index (Phi) is 4.40. The van der Waals surface area contributed by atoms with Gasteiger partial charge in [-0.3, -0.25) is 4.79 Å². The number of hydrogen-bond acceptors (Lipinski definition) is 2. The molecule has 0 aliphatic carbocycles. The van der Waals surface area contributed by atoms with Crippen molar-refractivity contribution in [2.45, 2.75) is 38.8 Å². The van der Waals surface area contributed by atoms with Gasteiger partial charge in [0.05, 0.1) is 5.56 Å². The van der Waals surface area contributed by atoms with E-state index in [0.29, 0.717) is 11.6 Å². The van der Waals surface area contributed by atoms with Crippen LogP contribution >= 0.6 is 15.9 Å². The minimum absolute atomic E-state index is 0.00225. The van der Waals surface area contributed by atoms with E-state index >= 15 is 0 Å². The van der Waals surface area contributed by atoms with Crippen LogP contribution in [-0.4, -0.2) is 24.5 Å². The van der Waals surface area contributed by atoms with Gasteiger partial charge in [-0.05, 0) is 66.9 Å². The highest BCUT2D eigenvalue weighted by Crippen LogP contribution is 2.19. The number of rotatable bonds is 2. The molecule has 1 aliphatic heterocycles. The molecule has 2 N–H and O–H groups in total. The predicted octanol–water partition coefficient (Wildman–Crippen LogP) is 2.63. The molecule has 3 nitrogen and oxygen atoms in total. The Labute approximate surface area is 116 Å². The Morgan fingerprint density at radius 1 is 1.50 bits per heavy atom. The van der Waals surface area contributed by atoms with Gasteiger partial charge in [-0.15, -0.1) is 0 Å². The number of hydrogen-bond donors (Lipinski definition) is 2. The van der Waals surface area contributed by atoms with Gasteiger partial charge in [-0.2, -0.15) is 0 Å². The van der Waals surface area contributed by atoms with E-state index in [9.17, 15) is 4.79 Å². The van der Waals surface area contributed by atoms with Crippen molar-refractivity contribution in [2.24, 2.45) is 0 Å². The van der Waals surface area contributed by atoms with Crippen molar-refractivity contribution in [1.29, 1.82) is 0 Å². The van der Waals surface area contributed by atoms with Crippen LogP contribution < -0.4 is 10.6 Å². The van der Waals surface area contributed by atoms with E-state index < -0.39 is 0 Å². The first-order chi connectivity index (χ1) is 8.58. The summed E-state index contributed by atoms with van der Waals surface area (Å²) < 4.78 is 0.858. The molecule has 0 radical (unpaired) electrons. The molecule has 1 aromatic rings. The quantitative estimate of drug-likeness (QED) is 0.881. The first kappa shape index (κ1) is 13.6. The molecular weight excluding hydrogens is 292 g/mol. The fourth-order valence-corrected chi connectivity index (χ4v) is 2.96. The maximum Gasteiger partial charge on any atom is 0.252 e. The summed E-state index contributed by atoms with van der Waals surface area (Å²) in [4.78, 5) is 12.2. The van der Waals surface area contributed by atoms with Crippen LogP contribution in [0.1, 0.15) is 35.7 Å². The fourth-order valence-electron chi connectivity index (χ4n) is 2.29. The van der Waals surface area contributed by atoms with Crippen LogP contribution in [-0.2, 0) is 0 Å². The molecule has 0 aromatic heterocycles. The standard InChI is InChI=1S/C14H19BrN2O/c1-9-5-6-11(12(15)8-9)14(18)17-13-4-3-7-16-10(13)2/h5-6,8,10,13,16H,3-4,7H2,1-2H3,(H,17,18). The number of piperidine rings is 1. The van der Waals surface area contributed by atoms with Gasteiger partial charge in [0.15, 0.2) is 0 Å². The minimum atomic E-state index is 0.00225. The highest BCUT2D eigenvalue weighted by molar-refractivity contribution is 9.10. The molecule has 0 saturated carbocycles. The van der Waals surface area contributed by atoms with Gasteiger partial charge in [0.1, 0.15) is 0 Å². The first-order valence-electron chi connectivity index (χ1n) is 6.38. The molecule has 18 heavy (non-hydrogen) atoms. The molecule has 2 atom stereocenters. The van der Waals surface area contributed by atoms with Crippen molar-refractivity contribution in [1.82, 2.24) is 10.6 Å². The highest BCUT2D eigenvalue weighted by atomic mass is 79.9. The zero-order valence-corrected chi connectivity index (χ0v) is 12.4. The van der Waals surface area contributed by atoms with E-state index in [1.807, 2.05) is 25.1 Å². The number of benzene rings is 1. The summed E-state index contributed by atoms with van der Waals surface area (Å²) in [7, 11) is 0. The van der Waals surface area contributed by atoms with Crippen LogP contribution in [0.3, 0.4) is 0 Å². The second kappa shape index (κ2) is 5.85. The third kappa shape index (κ3) is 3.12. The van der Waals surface area contributed by atoms with Crippen LogP contribution in [0.25, 0.3) is 0 Å². The van der Waals surface area contributed by atoms with E-state index in [1.54, 1.807) is 0 Å². The lowest BCUT2D eigenvalue weighted by atomic mass is 9.99. The topological polar surface area (TPSA) is 41.1 Å². The first-order valence-corrected chi connectivity index (χ1v) is 7.17. The summed E-state index contributed by atoms with van der Waals surface area (Å²) in [6.07, 6.45) is 2.16. The van der Waals surface area contributed by atoms with Crippen LogP contribution in [0.2, 0.25) is 0 Å². The number of aryl methyl sites for hydroxylation is 1. The van der Waals surface area contributed by atoms with Gasteiger partial charge in [0.2, 0.25) is 0 Å². The van der Waals surface area contributed by atoms with E-state index in [0.717, 1.165) is 29.4 Å². The van der Waals surface area contributed by atoms with Gasteiger partial charge in [-0.1, -0.05) is 6.07 Å². The third-order valence-electron chi connectivity index (χ3n) is 3.45. The Bertz CT molecular complexity index is 447. The Balaban J connectivity index is 2.07. The van der Waals surface area contributed by atoms with Crippen molar-refractivity contribution in [3.63, 3.8) is 0 Å². The van der Waals surface area contributed by atoms with Gasteiger partial charge in [0, 0.05) is 16.6 Å². The van der Waals surface area contributed by atoms with Crippen molar-refractivity contribution in [3.05, 3.63) is 33.8 Å². The number of carbonyl (C=O) groups is 1. The molecule has 0 bridgehead atoms. The van der Waals surface area contributed by atoms with Crippen molar-refractivity contribution >= 4 is 21.8 Å². The summed E-state index contributed by atoms with van der Waals surface area (Å²) in [5.74, 6) is 0.00225. The molecular formula is C14H19BrN2O. The number of nitrogens with one attached hydrogen (secondary N) is 2. The molecule has 1 aromatic carbocycles. The summed E-state index contributed by atoms with van der Waals surface area (Å²) in [5.41, 5.74) is 1.85. The zero-order valence-electron chi connectivity index (χ0n) is 10.8. The van der Waals surface area contributed by atoms with E-state index in [2.05, 4.69) is 33.5 Å².